The summed E-state index contributed by atoms with van der Waals surface area (Å²) in [6, 6.07) is 18.2. The zero-order chi connectivity index (χ0) is 31.9. The number of aliphatic imine (C=N–C) groups is 1. The van der Waals surface area contributed by atoms with E-state index < -0.39 is 41.4 Å². The van der Waals surface area contributed by atoms with Crippen molar-refractivity contribution in [2.75, 3.05) is 19.7 Å². The maximum atomic E-state index is 14.0. The van der Waals surface area contributed by atoms with Crippen LogP contribution in [0.2, 0.25) is 0 Å². The van der Waals surface area contributed by atoms with Crippen molar-refractivity contribution in [3.63, 3.8) is 0 Å². The number of cyclic esters (lactones) is 1. The van der Waals surface area contributed by atoms with Crippen LogP contribution >= 0.6 is 0 Å². The molecule has 1 saturated heterocycles. The zero-order valence-corrected chi connectivity index (χ0v) is 26.0. The maximum absolute atomic E-state index is 14.0. The number of amides is 4. The van der Waals surface area contributed by atoms with E-state index in [4.69, 9.17) is 14.2 Å². The lowest BCUT2D eigenvalue weighted by Gasteiger charge is -2.40. The molecule has 2 aromatic carbocycles. The number of benzene rings is 2. The molecule has 0 aromatic heterocycles. The predicted octanol–water partition coefficient (Wildman–Crippen LogP) is 4.04. The molecule has 4 rings (SSSR count). The number of nitrogens with zero attached hydrogens (tertiary/aromatic N) is 2. The molecule has 0 aliphatic carbocycles. The number of carbonyl (C=O) groups excluding carboxylic acids is 4. The van der Waals surface area contributed by atoms with Gasteiger partial charge in [0.2, 0.25) is 11.8 Å². The van der Waals surface area contributed by atoms with Crippen molar-refractivity contribution < 1.29 is 33.4 Å². The van der Waals surface area contributed by atoms with Crippen molar-refractivity contribution in [3.8, 4) is 0 Å². The minimum absolute atomic E-state index is 0.0907. The van der Waals surface area contributed by atoms with Gasteiger partial charge in [0.05, 0.1) is 19.1 Å². The molecular weight excluding hydrogens is 564 g/mol. The molecule has 2 aliphatic heterocycles. The summed E-state index contributed by atoms with van der Waals surface area (Å²) in [4.78, 5) is 57.9. The van der Waals surface area contributed by atoms with Crippen LogP contribution in [-0.2, 0) is 36.8 Å². The van der Waals surface area contributed by atoms with Crippen molar-refractivity contribution in [2.45, 2.75) is 77.4 Å². The second-order valence-corrected chi connectivity index (χ2v) is 12.6. The lowest BCUT2D eigenvalue weighted by atomic mass is 9.86. The smallest absolute Gasteiger partial charge is 0.433 e. The largest absolute Gasteiger partial charge is 0.444 e. The van der Waals surface area contributed by atoms with Crippen LogP contribution in [0.4, 0.5) is 9.59 Å². The number of rotatable bonds is 10. The van der Waals surface area contributed by atoms with Crippen LogP contribution in [0.1, 0.15) is 52.2 Å². The van der Waals surface area contributed by atoms with E-state index in [-0.39, 0.29) is 31.6 Å². The summed E-state index contributed by atoms with van der Waals surface area (Å²) < 4.78 is 16.9. The number of carbonyl (C=O) groups is 4. The first kappa shape index (κ1) is 32.7. The number of piperidine rings is 1. The Kier molecular flexibility index (Phi) is 10.4. The highest BCUT2D eigenvalue weighted by molar-refractivity contribution is 5.99. The molecule has 0 bridgehead atoms. The minimum atomic E-state index is -1.39. The van der Waals surface area contributed by atoms with Gasteiger partial charge in [-0.1, -0.05) is 60.7 Å². The third-order valence-electron chi connectivity index (χ3n) is 7.39. The molecule has 44 heavy (non-hydrogen) atoms. The lowest BCUT2D eigenvalue weighted by Crippen LogP contribution is -2.62. The van der Waals surface area contributed by atoms with Gasteiger partial charge in [-0.2, -0.15) is 4.99 Å². The molecule has 0 radical (unpaired) electrons. The Morgan fingerprint density at radius 3 is 2.27 bits per heavy atom. The summed E-state index contributed by atoms with van der Waals surface area (Å²) in [5.41, 5.74) is 0.510. The van der Waals surface area contributed by atoms with Crippen molar-refractivity contribution in [3.05, 3.63) is 71.8 Å². The Hall–Kier alpha value is -4.25. The van der Waals surface area contributed by atoms with Crippen LogP contribution in [0.3, 0.4) is 0 Å². The summed E-state index contributed by atoms with van der Waals surface area (Å²) in [5, 5.41) is 5.38. The van der Waals surface area contributed by atoms with E-state index in [1.807, 2.05) is 60.7 Å². The highest BCUT2D eigenvalue weighted by Gasteiger charge is 2.42. The number of fused-ring (bicyclic) bond motifs is 1. The second-order valence-electron chi connectivity index (χ2n) is 12.6. The molecule has 4 amide bonds. The van der Waals surface area contributed by atoms with E-state index in [1.165, 1.54) is 13.8 Å². The Bertz CT molecular complexity index is 1360. The van der Waals surface area contributed by atoms with Gasteiger partial charge in [-0.3, -0.25) is 9.59 Å². The van der Waals surface area contributed by atoms with Gasteiger partial charge in [0.15, 0.2) is 0 Å². The van der Waals surface area contributed by atoms with Gasteiger partial charge in [0, 0.05) is 31.6 Å². The van der Waals surface area contributed by atoms with E-state index in [1.54, 1.807) is 25.7 Å². The van der Waals surface area contributed by atoms with Crippen molar-refractivity contribution in [1.82, 2.24) is 15.5 Å². The van der Waals surface area contributed by atoms with Gasteiger partial charge in [-0.25, -0.2) is 9.59 Å². The highest BCUT2D eigenvalue weighted by Crippen LogP contribution is 2.27. The standard InChI is InChI=1S/C33H42N4O7/c1-32(2,3)44-31(41)36-33(4,5)29(39)34-26(21-42-20-23-14-10-7-11-15-23)28(38)37-17-16-25-24(19-37)27(43-30(40)35-25)18-22-12-8-6-9-13-22/h6-15,24,26-27H,16-21H2,1-5H3,(H,34,39)(H,36,41). The summed E-state index contributed by atoms with van der Waals surface area (Å²) in [6.45, 7) is 9.00. The van der Waals surface area contributed by atoms with E-state index in [0.29, 0.717) is 19.4 Å². The highest BCUT2D eigenvalue weighted by atomic mass is 16.6. The number of hydrogen-bond donors (Lipinski definition) is 2. The molecule has 0 spiro atoms. The van der Waals surface area contributed by atoms with E-state index in [2.05, 4.69) is 15.6 Å². The fraction of sp³-hybridized carbons (Fsp3) is 0.485. The van der Waals surface area contributed by atoms with Gasteiger partial charge < -0.3 is 29.7 Å². The fourth-order valence-corrected chi connectivity index (χ4v) is 5.14. The first-order chi connectivity index (χ1) is 20.8. The van der Waals surface area contributed by atoms with Gasteiger partial charge in [0.25, 0.3) is 0 Å². The first-order valence-electron chi connectivity index (χ1n) is 14.9. The maximum Gasteiger partial charge on any atom is 0.433 e. The van der Waals surface area contributed by atoms with Gasteiger partial charge in [-0.15, -0.1) is 0 Å². The molecule has 2 heterocycles. The average Bonchev–Trinajstić information content (AvgIpc) is 2.95. The Morgan fingerprint density at radius 2 is 1.64 bits per heavy atom. The molecular formula is C33H42N4O7. The topological polar surface area (TPSA) is 136 Å². The number of likely N-dealkylation sites (tertiary alicyclic amines) is 1. The summed E-state index contributed by atoms with van der Waals surface area (Å²) >= 11 is 0. The van der Waals surface area contributed by atoms with E-state index in [9.17, 15) is 19.2 Å². The van der Waals surface area contributed by atoms with Crippen LogP contribution in [-0.4, -0.2) is 77.6 Å². The lowest BCUT2D eigenvalue weighted by molar-refractivity contribution is -0.140. The van der Waals surface area contributed by atoms with Gasteiger partial charge in [-0.05, 0) is 45.7 Å². The first-order valence-corrected chi connectivity index (χ1v) is 14.9. The van der Waals surface area contributed by atoms with Crippen molar-refractivity contribution >= 4 is 29.7 Å². The van der Waals surface area contributed by atoms with Crippen LogP contribution in [0, 0.1) is 5.92 Å². The number of hydrogen-bond acceptors (Lipinski definition) is 7. The Morgan fingerprint density at radius 1 is 1.00 bits per heavy atom. The van der Waals surface area contributed by atoms with E-state index >= 15 is 0 Å². The van der Waals surface area contributed by atoms with Crippen LogP contribution < -0.4 is 10.6 Å². The van der Waals surface area contributed by atoms with Gasteiger partial charge in [0.1, 0.15) is 23.3 Å². The number of alkyl carbamates (subject to hydrolysis) is 1. The quantitative estimate of drug-likeness (QED) is 0.417. The molecule has 3 unspecified atom stereocenters. The molecule has 1 fully saturated rings. The van der Waals surface area contributed by atoms with Crippen LogP contribution in [0.5, 0.6) is 0 Å². The SMILES string of the molecule is CC(C)(C)OC(=O)NC(C)(C)C(=O)NC(COCc1ccccc1)C(=O)N1CCC2=NC(=O)OC(Cc3ccccc3)C2C1. The van der Waals surface area contributed by atoms with Crippen molar-refractivity contribution in [2.24, 2.45) is 10.9 Å². The third kappa shape index (κ3) is 9.12. The molecule has 2 aromatic rings. The molecule has 236 valence electrons. The normalized spacial score (nSPS) is 19.2. The molecule has 0 saturated carbocycles. The van der Waals surface area contributed by atoms with Crippen LogP contribution in [0.15, 0.2) is 65.7 Å². The third-order valence-corrected chi connectivity index (χ3v) is 7.39. The summed E-state index contributed by atoms with van der Waals surface area (Å²) in [5.74, 6) is -1.19. The van der Waals surface area contributed by atoms with Crippen molar-refractivity contribution in [1.29, 1.82) is 0 Å². The molecule has 11 nitrogen and oxygen atoms in total. The van der Waals surface area contributed by atoms with E-state index in [0.717, 1.165) is 16.8 Å². The second kappa shape index (κ2) is 14.0. The number of ether oxygens (including phenoxy) is 3. The molecule has 11 heteroatoms. The summed E-state index contributed by atoms with van der Waals surface area (Å²) in [6.07, 6.45) is -0.944. The Balaban J connectivity index is 1.48. The van der Waals surface area contributed by atoms with Gasteiger partial charge >= 0.3 is 12.2 Å². The molecule has 2 N–H and O–H groups in total. The zero-order valence-electron chi connectivity index (χ0n) is 26.0. The monoisotopic (exact) mass is 606 g/mol. The number of nitrogens with one attached hydrogen (secondary N) is 2. The minimum Gasteiger partial charge on any atom is -0.444 e. The molecule has 3 atom stereocenters. The summed E-state index contributed by atoms with van der Waals surface area (Å²) in [7, 11) is 0. The molecule has 2 aliphatic rings. The fourth-order valence-electron chi connectivity index (χ4n) is 5.14. The van der Waals surface area contributed by atoms with Crippen LogP contribution in [0.25, 0.3) is 0 Å². The average molecular weight is 607 g/mol. The predicted molar refractivity (Wildman–Crippen MR) is 164 cm³/mol. The Labute approximate surface area is 258 Å².